The van der Waals surface area contributed by atoms with E-state index in [1.807, 2.05) is 30.3 Å². The van der Waals surface area contributed by atoms with Crippen LogP contribution in [0.4, 0.5) is 0 Å². The van der Waals surface area contributed by atoms with Crippen LogP contribution in [0.2, 0.25) is 0 Å². The number of carbonyl (C=O) groups is 2. The molecular formula is C18H19N3O4S. The van der Waals surface area contributed by atoms with E-state index < -0.39 is 15.9 Å². The Hall–Kier alpha value is -2.71. The van der Waals surface area contributed by atoms with Gasteiger partial charge in [-0.15, -0.1) is 0 Å². The van der Waals surface area contributed by atoms with Crippen molar-refractivity contribution in [2.24, 2.45) is 5.92 Å². The predicted molar refractivity (Wildman–Crippen MR) is 95.2 cm³/mol. The SMILES string of the molecule is O=C(NNC(=O)C1CC1)c1cccc(S(=O)(=O)NCc2ccccc2)c1. The molecule has 136 valence electrons. The molecule has 7 nitrogen and oxygen atoms in total. The van der Waals surface area contributed by atoms with Crippen LogP contribution in [-0.4, -0.2) is 20.2 Å². The van der Waals surface area contributed by atoms with Gasteiger partial charge in [0.2, 0.25) is 15.9 Å². The van der Waals surface area contributed by atoms with Crippen molar-refractivity contribution in [1.82, 2.24) is 15.6 Å². The minimum Gasteiger partial charge on any atom is -0.273 e. The van der Waals surface area contributed by atoms with Crippen LogP contribution in [0.3, 0.4) is 0 Å². The van der Waals surface area contributed by atoms with Crippen molar-refractivity contribution in [2.75, 3.05) is 0 Å². The van der Waals surface area contributed by atoms with E-state index in [2.05, 4.69) is 15.6 Å². The Morgan fingerprint density at radius 1 is 0.962 bits per heavy atom. The Morgan fingerprint density at radius 3 is 2.38 bits per heavy atom. The summed E-state index contributed by atoms with van der Waals surface area (Å²) >= 11 is 0. The zero-order valence-corrected chi connectivity index (χ0v) is 14.8. The number of carbonyl (C=O) groups excluding carboxylic acids is 2. The summed E-state index contributed by atoms with van der Waals surface area (Å²) in [5.74, 6) is -0.838. The van der Waals surface area contributed by atoms with Crippen molar-refractivity contribution in [2.45, 2.75) is 24.3 Å². The largest absolute Gasteiger partial charge is 0.273 e. The maximum Gasteiger partial charge on any atom is 0.269 e. The molecule has 3 rings (SSSR count). The monoisotopic (exact) mass is 373 g/mol. The molecule has 2 aromatic carbocycles. The van der Waals surface area contributed by atoms with Crippen molar-refractivity contribution in [3.63, 3.8) is 0 Å². The highest BCUT2D eigenvalue weighted by atomic mass is 32.2. The number of benzene rings is 2. The highest BCUT2D eigenvalue weighted by molar-refractivity contribution is 7.89. The lowest BCUT2D eigenvalue weighted by atomic mass is 10.2. The molecule has 0 aromatic heterocycles. The zero-order valence-electron chi connectivity index (χ0n) is 13.9. The average molecular weight is 373 g/mol. The standard InChI is InChI=1S/C18H19N3O4S/c22-17(14-9-10-14)20-21-18(23)15-7-4-8-16(11-15)26(24,25)19-12-13-5-2-1-3-6-13/h1-8,11,14,19H,9-10,12H2,(H,20,22)(H,21,23). The van der Waals surface area contributed by atoms with Crippen LogP contribution in [0.25, 0.3) is 0 Å². The molecule has 1 saturated carbocycles. The van der Waals surface area contributed by atoms with Crippen LogP contribution < -0.4 is 15.6 Å². The van der Waals surface area contributed by atoms with Gasteiger partial charge >= 0.3 is 0 Å². The zero-order chi connectivity index (χ0) is 18.6. The lowest BCUT2D eigenvalue weighted by Gasteiger charge is -2.10. The van der Waals surface area contributed by atoms with Crippen molar-refractivity contribution < 1.29 is 18.0 Å². The van der Waals surface area contributed by atoms with Gasteiger partial charge in [-0.3, -0.25) is 20.4 Å². The summed E-state index contributed by atoms with van der Waals surface area (Å²) in [6, 6.07) is 14.8. The summed E-state index contributed by atoms with van der Waals surface area (Å²) in [5.41, 5.74) is 5.62. The van der Waals surface area contributed by atoms with Gasteiger partial charge in [0.15, 0.2) is 0 Å². The van der Waals surface area contributed by atoms with E-state index in [0.29, 0.717) is 0 Å². The maximum atomic E-state index is 12.4. The fourth-order valence-corrected chi connectivity index (χ4v) is 3.36. The number of sulfonamides is 1. The molecule has 0 spiro atoms. The normalized spacial score (nSPS) is 13.8. The Balaban J connectivity index is 1.65. The average Bonchev–Trinajstić information content (AvgIpc) is 3.50. The van der Waals surface area contributed by atoms with Gasteiger partial charge in [0.25, 0.3) is 5.91 Å². The molecule has 8 heteroatoms. The molecule has 2 aromatic rings. The molecule has 3 N–H and O–H groups in total. The second kappa shape index (κ2) is 7.67. The van der Waals surface area contributed by atoms with Crippen molar-refractivity contribution >= 4 is 21.8 Å². The van der Waals surface area contributed by atoms with Gasteiger partial charge in [-0.25, -0.2) is 13.1 Å². The summed E-state index contributed by atoms with van der Waals surface area (Å²) in [6.07, 6.45) is 1.64. The Morgan fingerprint density at radius 2 is 1.69 bits per heavy atom. The number of hydrogen-bond acceptors (Lipinski definition) is 4. The first kappa shape index (κ1) is 18.1. The first-order valence-corrected chi connectivity index (χ1v) is 9.68. The number of amides is 2. The van der Waals surface area contributed by atoms with E-state index in [-0.39, 0.29) is 28.8 Å². The molecule has 0 saturated heterocycles. The molecule has 0 heterocycles. The topological polar surface area (TPSA) is 104 Å². The Kier molecular flexibility index (Phi) is 5.34. The molecule has 2 amide bonds. The van der Waals surface area contributed by atoms with Crippen LogP contribution in [0.15, 0.2) is 59.5 Å². The summed E-state index contributed by atoms with van der Waals surface area (Å²) in [4.78, 5) is 23.6. The van der Waals surface area contributed by atoms with E-state index in [0.717, 1.165) is 18.4 Å². The predicted octanol–water partition coefficient (Wildman–Crippen LogP) is 1.34. The third-order valence-corrected chi connectivity index (χ3v) is 5.36. The smallest absolute Gasteiger partial charge is 0.269 e. The molecule has 1 aliphatic carbocycles. The second-order valence-electron chi connectivity index (χ2n) is 6.06. The third kappa shape index (κ3) is 4.68. The van der Waals surface area contributed by atoms with Gasteiger partial charge < -0.3 is 0 Å². The van der Waals surface area contributed by atoms with E-state index >= 15 is 0 Å². The fraction of sp³-hybridized carbons (Fsp3) is 0.222. The van der Waals surface area contributed by atoms with Crippen LogP contribution in [0, 0.1) is 5.92 Å². The molecular weight excluding hydrogens is 354 g/mol. The molecule has 1 aliphatic rings. The fourth-order valence-electron chi connectivity index (χ4n) is 2.30. The number of nitrogens with one attached hydrogen (secondary N) is 3. The summed E-state index contributed by atoms with van der Waals surface area (Å²) in [7, 11) is -3.77. The van der Waals surface area contributed by atoms with E-state index in [4.69, 9.17) is 0 Å². The lowest BCUT2D eigenvalue weighted by Crippen LogP contribution is -2.42. The second-order valence-corrected chi connectivity index (χ2v) is 7.82. The number of rotatable bonds is 6. The van der Waals surface area contributed by atoms with Crippen LogP contribution in [0.1, 0.15) is 28.8 Å². The van der Waals surface area contributed by atoms with E-state index in [1.165, 1.54) is 24.3 Å². The summed E-state index contributed by atoms with van der Waals surface area (Å²) in [5, 5.41) is 0. The maximum absolute atomic E-state index is 12.4. The Bertz CT molecular complexity index is 909. The van der Waals surface area contributed by atoms with Crippen LogP contribution >= 0.6 is 0 Å². The van der Waals surface area contributed by atoms with E-state index in [1.54, 1.807) is 0 Å². The van der Waals surface area contributed by atoms with Gasteiger partial charge in [-0.05, 0) is 36.6 Å². The van der Waals surface area contributed by atoms with Gasteiger partial charge in [-0.1, -0.05) is 36.4 Å². The molecule has 26 heavy (non-hydrogen) atoms. The van der Waals surface area contributed by atoms with Gasteiger partial charge in [0.1, 0.15) is 0 Å². The third-order valence-electron chi connectivity index (χ3n) is 3.96. The summed E-state index contributed by atoms with van der Waals surface area (Å²) in [6.45, 7) is 0.150. The van der Waals surface area contributed by atoms with Crippen molar-refractivity contribution in [3.8, 4) is 0 Å². The quantitative estimate of drug-likeness (QED) is 0.665. The number of hydrazine groups is 1. The van der Waals surface area contributed by atoms with Crippen LogP contribution in [0.5, 0.6) is 0 Å². The molecule has 0 radical (unpaired) electrons. The summed E-state index contributed by atoms with van der Waals surface area (Å²) < 4.78 is 27.4. The molecule has 0 atom stereocenters. The molecule has 0 unspecified atom stereocenters. The minimum atomic E-state index is -3.77. The van der Waals surface area contributed by atoms with E-state index in [9.17, 15) is 18.0 Å². The lowest BCUT2D eigenvalue weighted by molar-refractivity contribution is -0.123. The van der Waals surface area contributed by atoms with Gasteiger partial charge in [0.05, 0.1) is 4.90 Å². The first-order valence-electron chi connectivity index (χ1n) is 8.19. The molecule has 1 fully saturated rings. The van der Waals surface area contributed by atoms with Crippen LogP contribution in [-0.2, 0) is 21.4 Å². The van der Waals surface area contributed by atoms with Crippen molar-refractivity contribution in [1.29, 1.82) is 0 Å². The first-order chi connectivity index (χ1) is 12.5. The highest BCUT2D eigenvalue weighted by Gasteiger charge is 2.29. The minimum absolute atomic E-state index is 0.0189. The van der Waals surface area contributed by atoms with Gasteiger partial charge in [-0.2, -0.15) is 0 Å². The Labute approximate surface area is 151 Å². The van der Waals surface area contributed by atoms with Gasteiger partial charge in [0, 0.05) is 18.0 Å². The molecule has 0 aliphatic heterocycles. The van der Waals surface area contributed by atoms with Crippen molar-refractivity contribution in [3.05, 3.63) is 65.7 Å². The molecule has 0 bridgehead atoms. The number of hydrogen-bond donors (Lipinski definition) is 3. The highest BCUT2D eigenvalue weighted by Crippen LogP contribution is 2.28.